The molecule has 2 atom stereocenters. The van der Waals surface area contributed by atoms with E-state index in [9.17, 15) is 10.1 Å². The number of benzene rings is 1. The van der Waals surface area contributed by atoms with Crippen molar-refractivity contribution in [3.05, 3.63) is 34.9 Å². The Labute approximate surface area is 128 Å². The van der Waals surface area contributed by atoms with Gasteiger partial charge in [0.1, 0.15) is 6.29 Å². The van der Waals surface area contributed by atoms with Crippen molar-refractivity contribution in [1.29, 1.82) is 5.26 Å². The summed E-state index contributed by atoms with van der Waals surface area (Å²) in [4.78, 5) is 11.5. The Bertz CT molecular complexity index is 596. The van der Waals surface area contributed by atoms with E-state index in [-0.39, 0.29) is 17.1 Å². The Morgan fingerprint density at radius 1 is 1.38 bits per heavy atom. The number of nitrogens with zero attached hydrogens (tertiary/aromatic N) is 1. The highest BCUT2D eigenvalue weighted by atomic mass is 28.4. The third-order valence-corrected chi connectivity index (χ3v) is 9.33. The van der Waals surface area contributed by atoms with E-state index >= 15 is 0 Å². The largest absolute Gasteiger partial charge is 0.409 e. The highest BCUT2D eigenvalue weighted by molar-refractivity contribution is 6.74. The predicted octanol–water partition coefficient (Wildman–Crippen LogP) is 3.99. The topological polar surface area (TPSA) is 50.1 Å². The van der Waals surface area contributed by atoms with Gasteiger partial charge < -0.3 is 9.22 Å². The summed E-state index contributed by atoms with van der Waals surface area (Å²) in [5, 5.41) is 9.33. The fraction of sp³-hybridized carbons (Fsp3) is 0.529. The van der Waals surface area contributed by atoms with Gasteiger partial charge in [-0.2, -0.15) is 5.26 Å². The van der Waals surface area contributed by atoms with Gasteiger partial charge in [0.2, 0.25) is 0 Å². The van der Waals surface area contributed by atoms with Crippen molar-refractivity contribution in [3.63, 3.8) is 0 Å². The standard InChI is InChI=1S/C17H23NO2Si/c1-17(2,3)21(4,5)20-16-13(11-19)9-15-12(10-18)7-6-8-14(15)16/h6-8,11,13,16H,9H2,1-5H3/t13-,16-/m0/s1. The van der Waals surface area contributed by atoms with Gasteiger partial charge >= 0.3 is 0 Å². The van der Waals surface area contributed by atoms with Gasteiger partial charge in [0.25, 0.3) is 0 Å². The zero-order valence-corrected chi connectivity index (χ0v) is 14.4. The molecule has 0 amide bonds. The van der Waals surface area contributed by atoms with E-state index in [1.807, 2.05) is 18.2 Å². The van der Waals surface area contributed by atoms with E-state index in [1.54, 1.807) is 0 Å². The molecule has 0 N–H and O–H groups in total. The molecule has 0 saturated heterocycles. The lowest BCUT2D eigenvalue weighted by molar-refractivity contribution is -0.113. The van der Waals surface area contributed by atoms with Crippen LogP contribution in [0.3, 0.4) is 0 Å². The Balaban J connectivity index is 2.41. The first-order chi connectivity index (χ1) is 9.71. The summed E-state index contributed by atoms with van der Waals surface area (Å²) in [5.41, 5.74) is 2.68. The molecule has 0 bridgehead atoms. The molecule has 0 radical (unpaired) electrons. The van der Waals surface area contributed by atoms with Gasteiger partial charge in [-0.25, -0.2) is 0 Å². The molecule has 0 aliphatic heterocycles. The molecule has 112 valence electrons. The van der Waals surface area contributed by atoms with E-state index < -0.39 is 8.32 Å². The van der Waals surface area contributed by atoms with E-state index in [4.69, 9.17) is 4.43 Å². The van der Waals surface area contributed by atoms with Crippen LogP contribution in [0.2, 0.25) is 18.1 Å². The molecule has 4 heteroatoms. The number of carbonyl (C=O) groups is 1. The summed E-state index contributed by atoms with van der Waals surface area (Å²) in [5.74, 6) is -0.177. The van der Waals surface area contributed by atoms with Crippen LogP contribution in [0.5, 0.6) is 0 Å². The number of rotatable bonds is 3. The summed E-state index contributed by atoms with van der Waals surface area (Å²) in [6.45, 7) is 11.0. The van der Waals surface area contributed by atoms with E-state index in [2.05, 4.69) is 39.9 Å². The van der Waals surface area contributed by atoms with E-state index in [0.717, 1.165) is 17.4 Å². The monoisotopic (exact) mass is 301 g/mol. The zero-order valence-electron chi connectivity index (χ0n) is 13.4. The minimum absolute atomic E-state index is 0.0933. The second-order valence-electron chi connectivity index (χ2n) is 7.29. The number of carbonyl (C=O) groups excluding carboxylic acids is 1. The molecule has 0 unspecified atom stereocenters. The van der Waals surface area contributed by atoms with Gasteiger partial charge in [-0.1, -0.05) is 32.9 Å². The van der Waals surface area contributed by atoms with Crippen LogP contribution in [0.1, 0.15) is 43.6 Å². The third kappa shape index (κ3) is 2.81. The first kappa shape index (κ1) is 15.9. The van der Waals surface area contributed by atoms with E-state index in [1.165, 1.54) is 0 Å². The third-order valence-electron chi connectivity index (χ3n) is 4.87. The van der Waals surface area contributed by atoms with Crippen LogP contribution in [0.25, 0.3) is 0 Å². The molecule has 1 aromatic rings. The van der Waals surface area contributed by atoms with Crippen molar-refractivity contribution in [2.24, 2.45) is 5.92 Å². The first-order valence-electron chi connectivity index (χ1n) is 7.36. The number of hydrogen-bond acceptors (Lipinski definition) is 3. The van der Waals surface area contributed by atoms with Gasteiger partial charge in [-0.05, 0) is 41.7 Å². The Morgan fingerprint density at radius 2 is 2.05 bits per heavy atom. The molecule has 2 rings (SSSR count). The molecule has 0 spiro atoms. The normalized spacial score (nSPS) is 21.7. The van der Waals surface area contributed by atoms with Crippen LogP contribution < -0.4 is 0 Å². The molecule has 0 heterocycles. The van der Waals surface area contributed by atoms with Gasteiger partial charge in [0.05, 0.1) is 17.7 Å². The van der Waals surface area contributed by atoms with Crippen molar-refractivity contribution >= 4 is 14.6 Å². The van der Waals surface area contributed by atoms with Crippen LogP contribution in [0, 0.1) is 17.2 Å². The first-order valence-corrected chi connectivity index (χ1v) is 10.3. The molecular formula is C17H23NO2Si. The van der Waals surface area contributed by atoms with Gasteiger partial charge in [0.15, 0.2) is 8.32 Å². The van der Waals surface area contributed by atoms with Crippen LogP contribution in [0.4, 0.5) is 0 Å². The minimum atomic E-state index is -1.97. The van der Waals surface area contributed by atoms with Crippen molar-refractivity contribution in [2.75, 3.05) is 0 Å². The second kappa shape index (κ2) is 5.40. The quantitative estimate of drug-likeness (QED) is 0.626. The molecule has 1 aromatic carbocycles. The highest BCUT2D eigenvalue weighted by Crippen LogP contribution is 2.45. The van der Waals surface area contributed by atoms with Crippen LogP contribution in [0.15, 0.2) is 18.2 Å². The van der Waals surface area contributed by atoms with Crippen molar-refractivity contribution in [3.8, 4) is 6.07 Å². The summed E-state index contributed by atoms with van der Waals surface area (Å²) < 4.78 is 6.49. The summed E-state index contributed by atoms with van der Waals surface area (Å²) in [6, 6.07) is 7.92. The zero-order chi connectivity index (χ0) is 15.8. The summed E-state index contributed by atoms with van der Waals surface area (Å²) >= 11 is 0. The molecule has 0 aromatic heterocycles. The molecule has 1 aliphatic rings. The van der Waals surface area contributed by atoms with Gasteiger partial charge in [-0.15, -0.1) is 0 Å². The summed E-state index contributed by atoms with van der Waals surface area (Å²) in [7, 11) is -1.97. The average Bonchev–Trinajstić information content (AvgIpc) is 2.75. The minimum Gasteiger partial charge on any atom is -0.409 e. The number of nitriles is 1. The van der Waals surface area contributed by atoms with Crippen molar-refractivity contribution in [2.45, 2.75) is 51.4 Å². The highest BCUT2D eigenvalue weighted by Gasteiger charge is 2.44. The van der Waals surface area contributed by atoms with E-state index in [0.29, 0.717) is 12.0 Å². The van der Waals surface area contributed by atoms with Crippen LogP contribution in [-0.2, 0) is 15.6 Å². The average molecular weight is 301 g/mol. The molecular weight excluding hydrogens is 278 g/mol. The van der Waals surface area contributed by atoms with Gasteiger partial charge in [0, 0.05) is 5.92 Å². The smallest absolute Gasteiger partial charge is 0.192 e. The maximum absolute atomic E-state index is 11.5. The molecule has 0 saturated carbocycles. The van der Waals surface area contributed by atoms with Gasteiger partial charge in [-0.3, -0.25) is 0 Å². The lowest BCUT2D eigenvalue weighted by Crippen LogP contribution is -2.42. The SMILES string of the molecule is CC(C)(C)[Si](C)(C)O[C@@H]1c2cccc(C#N)c2C[C@H]1C=O. The van der Waals surface area contributed by atoms with Crippen LogP contribution >= 0.6 is 0 Å². The molecule has 1 aliphatic carbocycles. The molecule has 0 fully saturated rings. The lowest BCUT2D eigenvalue weighted by Gasteiger charge is -2.39. The predicted molar refractivity (Wildman–Crippen MR) is 85.4 cm³/mol. The molecule has 21 heavy (non-hydrogen) atoms. The second-order valence-corrected chi connectivity index (χ2v) is 12.0. The maximum atomic E-state index is 11.5. The number of hydrogen-bond donors (Lipinski definition) is 0. The maximum Gasteiger partial charge on any atom is 0.192 e. The number of fused-ring (bicyclic) bond motifs is 1. The fourth-order valence-corrected chi connectivity index (χ4v) is 3.83. The summed E-state index contributed by atoms with van der Waals surface area (Å²) in [6.07, 6.45) is 1.40. The lowest BCUT2D eigenvalue weighted by atomic mass is 10.0. The Morgan fingerprint density at radius 3 is 2.57 bits per heavy atom. The fourth-order valence-electron chi connectivity index (χ4n) is 2.54. The molecule has 3 nitrogen and oxygen atoms in total. The van der Waals surface area contributed by atoms with Crippen LogP contribution in [-0.4, -0.2) is 14.6 Å². The van der Waals surface area contributed by atoms with Crippen molar-refractivity contribution in [1.82, 2.24) is 0 Å². The number of aldehydes is 1. The Kier molecular flexibility index (Phi) is 4.10. The Hall–Kier alpha value is -1.44. The van der Waals surface area contributed by atoms with Crippen molar-refractivity contribution < 1.29 is 9.22 Å².